The molecule has 0 saturated heterocycles. The molecule has 0 aromatic heterocycles. The first kappa shape index (κ1) is 8.69. The van der Waals surface area contributed by atoms with Crippen LogP contribution in [0.4, 0.5) is 0 Å². The van der Waals surface area contributed by atoms with E-state index in [1.165, 1.54) is 0 Å². The van der Waals surface area contributed by atoms with Gasteiger partial charge in [0.15, 0.2) is 0 Å². The molecule has 14 heavy (non-hydrogen) atoms. The fourth-order valence-electron chi connectivity index (χ4n) is 1.46. The van der Waals surface area contributed by atoms with Gasteiger partial charge in [0, 0.05) is 12.6 Å². The summed E-state index contributed by atoms with van der Waals surface area (Å²) in [6.07, 6.45) is 3.35. The third-order valence-electron chi connectivity index (χ3n) is 2.09. The van der Waals surface area contributed by atoms with Gasteiger partial charge in [0.1, 0.15) is 5.71 Å². The molecule has 0 fully saturated rings. The molecule has 0 atom stereocenters. The van der Waals surface area contributed by atoms with Crippen molar-refractivity contribution in [2.45, 2.75) is 0 Å². The molecule has 2 rings (SSSR count). The summed E-state index contributed by atoms with van der Waals surface area (Å²) in [5, 5.41) is 3.97. The number of ketones is 1. The quantitative estimate of drug-likeness (QED) is 0.670. The summed E-state index contributed by atoms with van der Waals surface area (Å²) in [5.41, 5.74) is 5.03. The van der Waals surface area contributed by atoms with E-state index in [1.54, 1.807) is 13.1 Å². The highest BCUT2D eigenvalue weighted by Crippen LogP contribution is 2.17. The van der Waals surface area contributed by atoms with E-state index in [2.05, 4.69) is 10.5 Å². The summed E-state index contributed by atoms with van der Waals surface area (Å²) < 4.78 is 0. The molecular weight excluding hydrogens is 176 g/mol. The molecule has 70 valence electrons. The van der Waals surface area contributed by atoms with E-state index in [0.717, 1.165) is 11.1 Å². The first-order chi connectivity index (χ1) is 6.83. The third kappa shape index (κ3) is 1.33. The number of hydrogen-bond donors (Lipinski definition) is 1. The normalized spacial score (nSPS) is 16.9. The molecule has 0 bridgehead atoms. The van der Waals surface area contributed by atoms with Gasteiger partial charge >= 0.3 is 0 Å². The predicted octanol–water partition coefficient (Wildman–Crippen LogP) is 1.21. The molecule has 0 saturated carbocycles. The van der Waals surface area contributed by atoms with Gasteiger partial charge in [-0.3, -0.25) is 4.79 Å². The van der Waals surface area contributed by atoms with Gasteiger partial charge in [-0.25, -0.2) is 0 Å². The molecule has 0 amide bonds. The van der Waals surface area contributed by atoms with E-state index in [0.29, 0.717) is 5.71 Å². The van der Waals surface area contributed by atoms with Crippen molar-refractivity contribution < 1.29 is 4.79 Å². The molecule has 1 aliphatic rings. The zero-order valence-corrected chi connectivity index (χ0v) is 7.82. The van der Waals surface area contributed by atoms with Gasteiger partial charge < -0.3 is 5.43 Å². The zero-order valence-electron chi connectivity index (χ0n) is 7.82. The second-order valence-corrected chi connectivity index (χ2v) is 2.97. The van der Waals surface area contributed by atoms with E-state index >= 15 is 0 Å². The van der Waals surface area contributed by atoms with Gasteiger partial charge in [-0.15, -0.1) is 0 Å². The van der Waals surface area contributed by atoms with Crippen molar-refractivity contribution in [2.24, 2.45) is 5.10 Å². The number of carbonyl (C=O) groups is 1. The topological polar surface area (TPSA) is 41.5 Å². The van der Waals surface area contributed by atoms with E-state index in [4.69, 9.17) is 0 Å². The SMILES string of the molecule is CN/N=C1\C(=O)C=Cc2ccccc21. The Morgan fingerprint density at radius 3 is 2.79 bits per heavy atom. The Balaban J connectivity index is 2.59. The Bertz CT molecular complexity index is 433. The molecule has 1 aromatic rings. The number of carbonyl (C=O) groups excluding carboxylic acids is 1. The van der Waals surface area contributed by atoms with Crippen molar-refractivity contribution in [1.29, 1.82) is 0 Å². The predicted molar refractivity (Wildman–Crippen MR) is 56.1 cm³/mol. The van der Waals surface area contributed by atoms with Crippen LogP contribution in [0.3, 0.4) is 0 Å². The minimum Gasteiger partial charge on any atom is -0.312 e. The summed E-state index contributed by atoms with van der Waals surface area (Å²) in [7, 11) is 1.68. The number of benzene rings is 1. The number of hydrogen-bond acceptors (Lipinski definition) is 3. The number of nitrogens with zero attached hydrogens (tertiary/aromatic N) is 1. The highest BCUT2D eigenvalue weighted by Gasteiger charge is 2.17. The Morgan fingerprint density at radius 2 is 2.00 bits per heavy atom. The summed E-state index contributed by atoms with van der Waals surface area (Å²) in [6.45, 7) is 0. The monoisotopic (exact) mass is 186 g/mol. The summed E-state index contributed by atoms with van der Waals surface area (Å²) in [4.78, 5) is 11.5. The maximum atomic E-state index is 11.5. The van der Waals surface area contributed by atoms with Crippen LogP contribution < -0.4 is 5.43 Å². The first-order valence-electron chi connectivity index (χ1n) is 4.39. The van der Waals surface area contributed by atoms with E-state index < -0.39 is 0 Å². The maximum absolute atomic E-state index is 11.5. The van der Waals surface area contributed by atoms with Gasteiger partial charge in [0.25, 0.3) is 0 Å². The fraction of sp³-hybridized carbons (Fsp3) is 0.0909. The lowest BCUT2D eigenvalue weighted by Crippen LogP contribution is -2.20. The molecule has 0 spiro atoms. The van der Waals surface area contributed by atoms with Crippen LogP contribution in [0.5, 0.6) is 0 Å². The third-order valence-corrected chi connectivity index (χ3v) is 2.09. The van der Waals surface area contributed by atoms with Crippen molar-refractivity contribution in [3.8, 4) is 0 Å². The van der Waals surface area contributed by atoms with Crippen molar-refractivity contribution in [3.05, 3.63) is 41.5 Å². The second-order valence-electron chi connectivity index (χ2n) is 2.97. The lowest BCUT2D eigenvalue weighted by molar-refractivity contribution is -0.108. The standard InChI is InChI=1S/C11H10N2O/c1-12-13-11-9-5-3-2-4-8(9)6-7-10(11)14/h2-7,12H,1H3/b13-11-. The number of fused-ring (bicyclic) bond motifs is 1. The van der Waals surface area contributed by atoms with E-state index in [1.807, 2.05) is 30.3 Å². The maximum Gasteiger partial charge on any atom is 0.206 e. The molecule has 3 heteroatoms. The molecule has 1 N–H and O–H groups in total. The average molecular weight is 186 g/mol. The molecular formula is C11H10N2O. The molecule has 0 unspecified atom stereocenters. The lowest BCUT2D eigenvalue weighted by Gasteiger charge is -2.10. The minimum atomic E-state index is -0.0574. The van der Waals surface area contributed by atoms with Crippen LogP contribution in [0.1, 0.15) is 11.1 Å². The summed E-state index contributed by atoms with van der Waals surface area (Å²) in [5.74, 6) is -0.0574. The molecule has 0 aliphatic heterocycles. The molecule has 0 heterocycles. The number of nitrogens with one attached hydrogen (secondary N) is 1. The van der Waals surface area contributed by atoms with Crippen LogP contribution in [0.2, 0.25) is 0 Å². The van der Waals surface area contributed by atoms with Gasteiger partial charge in [0.05, 0.1) is 0 Å². The minimum absolute atomic E-state index is 0.0574. The number of rotatable bonds is 1. The highest BCUT2D eigenvalue weighted by molar-refractivity contribution is 6.52. The largest absolute Gasteiger partial charge is 0.312 e. The molecule has 3 nitrogen and oxygen atoms in total. The van der Waals surface area contributed by atoms with Crippen molar-refractivity contribution in [2.75, 3.05) is 7.05 Å². The van der Waals surface area contributed by atoms with Gasteiger partial charge in [-0.1, -0.05) is 30.3 Å². The second kappa shape index (κ2) is 3.46. The average Bonchev–Trinajstić information content (AvgIpc) is 2.23. The van der Waals surface area contributed by atoms with Crippen molar-refractivity contribution in [1.82, 2.24) is 5.43 Å². The number of hydrazone groups is 1. The zero-order chi connectivity index (χ0) is 9.97. The van der Waals surface area contributed by atoms with Crippen LogP contribution in [0, 0.1) is 0 Å². The highest BCUT2D eigenvalue weighted by atomic mass is 16.1. The van der Waals surface area contributed by atoms with E-state index in [9.17, 15) is 4.79 Å². The Labute approximate surface area is 82.1 Å². The van der Waals surface area contributed by atoms with Gasteiger partial charge in [-0.2, -0.15) is 5.10 Å². The van der Waals surface area contributed by atoms with Crippen LogP contribution in [0.15, 0.2) is 35.4 Å². The smallest absolute Gasteiger partial charge is 0.206 e. The van der Waals surface area contributed by atoms with Crippen molar-refractivity contribution >= 4 is 17.6 Å². The Kier molecular flexibility index (Phi) is 2.14. The van der Waals surface area contributed by atoms with Gasteiger partial charge in [0.2, 0.25) is 5.78 Å². The van der Waals surface area contributed by atoms with Crippen LogP contribution in [0.25, 0.3) is 6.08 Å². The molecule has 1 aromatic carbocycles. The molecule has 0 radical (unpaired) electrons. The lowest BCUT2D eigenvalue weighted by atomic mass is 9.95. The summed E-state index contributed by atoms with van der Waals surface area (Å²) in [6, 6.07) is 7.70. The first-order valence-corrected chi connectivity index (χ1v) is 4.39. The van der Waals surface area contributed by atoms with Crippen LogP contribution in [-0.2, 0) is 4.79 Å². The van der Waals surface area contributed by atoms with E-state index in [-0.39, 0.29) is 5.78 Å². The fourth-order valence-corrected chi connectivity index (χ4v) is 1.46. The molecule has 1 aliphatic carbocycles. The summed E-state index contributed by atoms with van der Waals surface area (Å²) >= 11 is 0. The Morgan fingerprint density at radius 1 is 1.21 bits per heavy atom. The Hall–Kier alpha value is -1.90. The number of allylic oxidation sites excluding steroid dienone is 1. The van der Waals surface area contributed by atoms with Crippen LogP contribution >= 0.6 is 0 Å². The van der Waals surface area contributed by atoms with Crippen molar-refractivity contribution in [3.63, 3.8) is 0 Å². The van der Waals surface area contributed by atoms with Crippen LogP contribution in [-0.4, -0.2) is 18.5 Å². The van der Waals surface area contributed by atoms with Gasteiger partial charge in [-0.05, 0) is 11.6 Å².